The molecule has 0 aromatic carbocycles. The van der Waals surface area contributed by atoms with E-state index >= 15 is 0 Å². The molecule has 0 amide bonds. The van der Waals surface area contributed by atoms with Gasteiger partial charge in [0, 0.05) is 0 Å². The second-order valence-corrected chi connectivity index (χ2v) is 9.80. The van der Waals surface area contributed by atoms with Crippen molar-refractivity contribution in [3.05, 3.63) is 26.0 Å². The first-order chi connectivity index (χ1) is 14.8. The van der Waals surface area contributed by atoms with Crippen molar-refractivity contribution < 1.29 is 0 Å². The summed E-state index contributed by atoms with van der Waals surface area (Å²) in [7, 11) is 0. The van der Waals surface area contributed by atoms with Gasteiger partial charge in [0.2, 0.25) is 0 Å². The van der Waals surface area contributed by atoms with E-state index in [1.165, 1.54) is 135 Å². The molecule has 0 aromatic rings. The van der Waals surface area contributed by atoms with E-state index in [-0.39, 0.29) is 0 Å². The summed E-state index contributed by atoms with van der Waals surface area (Å²) in [6.07, 6.45) is 38.1. The first kappa shape index (κ1) is 29.7. The molecule has 1 unspecified atom stereocenters. The predicted molar refractivity (Wildman–Crippen MR) is 140 cm³/mol. The highest BCUT2D eigenvalue weighted by Crippen LogP contribution is 2.19. The number of unbranched alkanes of at least 4 members (excludes halogenated alkanes) is 19. The molecule has 178 valence electrons. The van der Waals surface area contributed by atoms with E-state index in [0.29, 0.717) is 0 Å². The summed E-state index contributed by atoms with van der Waals surface area (Å²) in [5, 5.41) is 0. The van der Waals surface area contributed by atoms with E-state index in [1.54, 1.807) is 0 Å². The molecule has 0 aromatic heterocycles. The molecule has 0 aliphatic heterocycles. The molecule has 30 heavy (non-hydrogen) atoms. The molecule has 0 heterocycles. The fourth-order valence-electron chi connectivity index (χ4n) is 4.40. The van der Waals surface area contributed by atoms with E-state index in [9.17, 15) is 0 Å². The lowest BCUT2D eigenvalue weighted by Crippen LogP contribution is -1.95. The molecule has 0 bridgehead atoms. The van der Waals surface area contributed by atoms with Gasteiger partial charge < -0.3 is 0 Å². The summed E-state index contributed by atoms with van der Waals surface area (Å²) in [4.78, 5) is 0. The van der Waals surface area contributed by atoms with E-state index < -0.39 is 0 Å². The van der Waals surface area contributed by atoms with Crippen LogP contribution in [0.5, 0.6) is 0 Å². The minimum absolute atomic E-state index is 0.951. The maximum Gasteiger partial charge on any atom is -0.0351 e. The lowest BCUT2D eigenvalue weighted by Gasteiger charge is -2.11. The molecule has 0 N–H and O–H groups in total. The monoisotopic (exact) mass is 418 g/mol. The van der Waals surface area contributed by atoms with Crippen molar-refractivity contribution in [3.63, 3.8) is 0 Å². The van der Waals surface area contributed by atoms with Crippen molar-refractivity contribution in [2.24, 2.45) is 5.92 Å². The van der Waals surface area contributed by atoms with Gasteiger partial charge in [0.1, 0.15) is 0 Å². The highest BCUT2D eigenvalue weighted by atomic mass is 14.1. The minimum atomic E-state index is 0.951. The van der Waals surface area contributed by atoms with Crippen LogP contribution < -0.4 is 0 Å². The Morgan fingerprint density at radius 3 is 1.23 bits per heavy atom. The van der Waals surface area contributed by atoms with Crippen LogP contribution in [0.2, 0.25) is 0 Å². The zero-order valence-corrected chi connectivity index (χ0v) is 21.1. The molecule has 0 nitrogen and oxygen atoms in total. The van der Waals surface area contributed by atoms with E-state index in [0.717, 1.165) is 25.2 Å². The molecular formula is C30H58. The third-order valence-corrected chi connectivity index (χ3v) is 6.55. The molecular weight excluding hydrogens is 360 g/mol. The summed E-state index contributed by atoms with van der Waals surface area (Å²) < 4.78 is 0. The molecule has 0 heteroatoms. The Morgan fingerprint density at radius 2 is 0.800 bits per heavy atom. The maximum absolute atomic E-state index is 3.92. The van der Waals surface area contributed by atoms with Crippen molar-refractivity contribution in [2.75, 3.05) is 0 Å². The lowest BCUT2D eigenvalue weighted by molar-refractivity contribution is 0.430. The molecule has 0 saturated carbocycles. The molecule has 0 aliphatic carbocycles. The van der Waals surface area contributed by atoms with Crippen molar-refractivity contribution in [1.82, 2.24) is 0 Å². The van der Waals surface area contributed by atoms with Gasteiger partial charge in [-0.05, 0) is 31.6 Å². The zero-order chi connectivity index (χ0) is 22.0. The van der Waals surface area contributed by atoms with Crippen molar-refractivity contribution in [1.29, 1.82) is 0 Å². The Balaban J connectivity index is 3.16. The van der Waals surface area contributed by atoms with Crippen LogP contribution in [0.4, 0.5) is 0 Å². The largest absolute Gasteiger partial charge is 0.0885 e. The predicted octanol–water partition coefficient (Wildman–Crippen LogP) is 11.2. The quantitative estimate of drug-likeness (QED) is 0.102. The Kier molecular flexibility index (Phi) is 26.5. The molecule has 0 rings (SSSR count). The number of rotatable bonds is 25. The smallest absolute Gasteiger partial charge is 0.0351 e. The van der Waals surface area contributed by atoms with Gasteiger partial charge >= 0.3 is 0 Å². The first-order valence-corrected chi connectivity index (χ1v) is 14.0. The molecule has 1 atom stereocenters. The fourth-order valence-corrected chi connectivity index (χ4v) is 4.40. The van der Waals surface area contributed by atoms with Crippen LogP contribution in [0.3, 0.4) is 0 Å². The molecule has 0 spiro atoms. The average molecular weight is 419 g/mol. The van der Waals surface area contributed by atoms with Crippen molar-refractivity contribution in [2.45, 2.75) is 161 Å². The van der Waals surface area contributed by atoms with Gasteiger partial charge in [-0.15, -0.1) is 0 Å². The summed E-state index contributed by atoms with van der Waals surface area (Å²) in [5.41, 5.74) is 0. The van der Waals surface area contributed by atoms with Crippen LogP contribution in [0.25, 0.3) is 0 Å². The Labute approximate surface area is 193 Å². The lowest BCUT2D eigenvalue weighted by atomic mass is 9.95. The third-order valence-electron chi connectivity index (χ3n) is 6.55. The van der Waals surface area contributed by atoms with Crippen LogP contribution in [-0.4, -0.2) is 0 Å². The minimum Gasteiger partial charge on any atom is -0.0885 e. The number of allylic oxidation sites excluding steroid dienone is 2. The van der Waals surface area contributed by atoms with E-state index in [1.807, 2.05) is 0 Å². The Hall–Kier alpha value is -0.260. The van der Waals surface area contributed by atoms with Crippen molar-refractivity contribution in [3.8, 4) is 0 Å². The van der Waals surface area contributed by atoms with Gasteiger partial charge in [0.25, 0.3) is 0 Å². The van der Waals surface area contributed by atoms with Crippen LogP contribution in [-0.2, 0) is 0 Å². The number of hydrogen-bond acceptors (Lipinski definition) is 0. The van der Waals surface area contributed by atoms with Gasteiger partial charge in [0.05, 0.1) is 0 Å². The van der Waals surface area contributed by atoms with Crippen molar-refractivity contribution >= 4 is 0 Å². The molecule has 0 aliphatic rings. The average Bonchev–Trinajstić information content (AvgIpc) is 2.75. The first-order valence-electron chi connectivity index (χ1n) is 14.0. The fraction of sp³-hybridized carbons (Fsp3) is 0.867. The second kappa shape index (κ2) is 26.8. The zero-order valence-electron chi connectivity index (χ0n) is 21.1. The molecule has 2 radical (unpaired) electrons. The summed E-state index contributed by atoms with van der Waals surface area (Å²) in [6, 6.07) is 0. The topological polar surface area (TPSA) is 0 Å². The van der Waals surface area contributed by atoms with Gasteiger partial charge in [-0.3, -0.25) is 0 Å². The van der Waals surface area contributed by atoms with Gasteiger partial charge in [-0.25, -0.2) is 0 Å². The summed E-state index contributed by atoms with van der Waals surface area (Å²) in [6.45, 7) is 10.3. The van der Waals surface area contributed by atoms with Crippen LogP contribution in [0.1, 0.15) is 161 Å². The van der Waals surface area contributed by atoms with Gasteiger partial charge in [-0.2, -0.15) is 0 Å². The Morgan fingerprint density at radius 1 is 0.433 bits per heavy atom. The standard InChI is InChI=1S/C30H58/c1-4-6-8-10-12-14-16-17-19-21-23-25-27-29-30(3)28-26-24-22-20-18-15-13-11-9-7-5-2/h9,11,30H,1-2,4-8,10,12-29H2,3H3. The SMILES string of the molecule is [CH2]CCC=CCCCCCCCCC(C)CCCCCCCCCCCCCC[CH2]. The third kappa shape index (κ3) is 25.8. The summed E-state index contributed by atoms with van der Waals surface area (Å²) in [5.74, 6) is 0.951. The molecule has 0 fully saturated rings. The normalized spacial score (nSPS) is 12.8. The second-order valence-electron chi connectivity index (χ2n) is 9.80. The van der Waals surface area contributed by atoms with Crippen LogP contribution >= 0.6 is 0 Å². The van der Waals surface area contributed by atoms with Crippen LogP contribution in [0, 0.1) is 19.8 Å². The van der Waals surface area contributed by atoms with E-state index in [2.05, 4.69) is 32.9 Å². The number of hydrogen-bond donors (Lipinski definition) is 0. The highest BCUT2D eigenvalue weighted by Gasteiger charge is 2.02. The highest BCUT2D eigenvalue weighted by molar-refractivity contribution is 4.81. The maximum atomic E-state index is 3.92. The Bertz CT molecular complexity index is 316. The summed E-state index contributed by atoms with van der Waals surface area (Å²) >= 11 is 0. The van der Waals surface area contributed by atoms with Gasteiger partial charge in [0.15, 0.2) is 0 Å². The molecule has 0 saturated heterocycles. The van der Waals surface area contributed by atoms with Gasteiger partial charge in [-0.1, -0.05) is 161 Å². The van der Waals surface area contributed by atoms with Crippen LogP contribution in [0.15, 0.2) is 12.2 Å². The van der Waals surface area contributed by atoms with E-state index in [4.69, 9.17) is 0 Å².